The van der Waals surface area contributed by atoms with Gasteiger partial charge in [-0.1, -0.05) is 38.1 Å². The Hall–Kier alpha value is -1.88. The molecule has 1 saturated heterocycles. The van der Waals surface area contributed by atoms with Crippen LogP contribution in [0.15, 0.2) is 24.3 Å². The molecule has 0 spiro atoms. The number of hydrogen-bond donors (Lipinski definition) is 1. The average molecular weight is 333 g/mol. The van der Waals surface area contributed by atoms with Crippen LogP contribution in [-0.2, 0) is 27.2 Å². The standard InChI is InChI=1S/C19H27NO4/c1-14(2)10-15-4-6-16(7-5-15)11-17(21)20-9-8-19(12-20,13-24-3)18(22)23/h4-7,14H,8-13H2,1-3H3,(H,22,23). The van der Waals surface area contributed by atoms with Gasteiger partial charge in [-0.2, -0.15) is 0 Å². The molecule has 1 N–H and O–H groups in total. The van der Waals surface area contributed by atoms with Crippen molar-refractivity contribution in [3.63, 3.8) is 0 Å². The number of carbonyl (C=O) groups excluding carboxylic acids is 1. The Bertz CT molecular complexity index is 582. The molecule has 2 rings (SSSR count). The van der Waals surface area contributed by atoms with E-state index >= 15 is 0 Å². The van der Waals surface area contributed by atoms with E-state index in [1.54, 1.807) is 4.90 Å². The first-order valence-corrected chi connectivity index (χ1v) is 8.44. The summed E-state index contributed by atoms with van der Waals surface area (Å²) >= 11 is 0. The molecule has 5 nitrogen and oxygen atoms in total. The molecule has 1 heterocycles. The van der Waals surface area contributed by atoms with Crippen molar-refractivity contribution >= 4 is 11.9 Å². The summed E-state index contributed by atoms with van der Waals surface area (Å²) in [4.78, 5) is 25.7. The highest BCUT2D eigenvalue weighted by Gasteiger charge is 2.46. The van der Waals surface area contributed by atoms with Crippen LogP contribution in [0.5, 0.6) is 0 Å². The van der Waals surface area contributed by atoms with E-state index in [0.717, 1.165) is 12.0 Å². The number of nitrogens with zero attached hydrogens (tertiary/aromatic N) is 1. The summed E-state index contributed by atoms with van der Waals surface area (Å²) in [5.41, 5.74) is 1.27. The topological polar surface area (TPSA) is 66.8 Å². The Morgan fingerprint density at radius 2 is 1.88 bits per heavy atom. The molecule has 132 valence electrons. The third-order valence-electron chi connectivity index (χ3n) is 4.60. The summed E-state index contributed by atoms with van der Waals surface area (Å²) in [6, 6.07) is 8.12. The Labute approximate surface area is 143 Å². The largest absolute Gasteiger partial charge is 0.481 e. The highest BCUT2D eigenvalue weighted by Crippen LogP contribution is 2.31. The zero-order chi connectivity index (χ0) is 17.7. The number of amides is 1. The van der Waals surface area contributed by atoms with Crippen LogP contribution < -0.4 is 0 Å². The highest BCUT2D eigenvalue weighted by atomic mass is 16.5. The number of likely N-dealkylation sites (tertiary alicyclic amines) is 1. The number of hydrogen-bond acceptors (Lipinski definition) is 3. The summed E-state index contributed by atoms with van der Waals surface area (Å²) in [5, 5.41) is 9.47. The number of rotatable bonds is 7. The van der Waals surface area contributed by atoms with Gasteiger partial charge in [-0.15, -0.1) is 0 Å². The fourth-order valence-corrected chi connectivity index (χ4v) is 3.27. The molecule has 1 atom stereocenters. The van der Waals surface area contributed by atoms with Crippen LogP contribution in [-0.4, -0.2) is 48.7 Å². The van der Waals surface area contributed by atoms with Gasteiger partial charge in [0.15, 0.2) is 0 Å². The van der Waals surface area contributed by atoms with Crippen molar-refractivity contribution in [1.29, 1.82) is 0 Å². The lowest BCUT2D eigenvalue weighted by Gasteiger charge is -2.23. The maximum atomic E-state index is 12.5. The smallest absolute Gasteiger partial charge is 0.313 e. The number of benzene rings is 1. The third-order valence-corrected chi connectivity index (χ3v) is 4.60. The van der Waals surface area contributed by atoms with Crippen molar-refractivity contribution in [2.24, 2.45) is 11.3 Å². The van der Waals surface area contributed by atoms with Gasteiger partial charge >= 0.3 is 5.97 Å². The summed E-state index contributed by atoms with van der Waals surface area (Å²) in [6.07, 6.45) is 1.78. The minimum absolute atomic E-state index is 0.0224. The molecule has 1 unspecified atom stereocenters. The molecule has 0 saturated carbocycles. The van der Waals surface area contributed by atoms with Gasteiger partial charge in [-0.05, 0) is 29.9 Å². The van der Waals surface area contributed by atoms with Crippen LogP contribution >= 0.6 is 0 Å². The normalized spacial score (nSPS) is 20.6. The quantitative estimate of drug-likeness (QED) is 0.832. The monoisotopic (exact) mass is 333 g/mol. The predicted molar refractivity (Wildman–Crippen MR) is 91.8 cm³/mol. The molecule has 1 amide bonds. The molecule has 5 heteroatoms. The van der Waals surface area contributed by atoms with Crippen molar-refractivity contribution in [2.75, 3.05) is 26.8 Å². The van der Waals surface area contributed by atoms with E-state index in [-0.39, 0.29) is 19.1 Å². The van der Waals surface area contributed by atoms with Gasteiger partial charge in [0.05, 0.1) is 13.0 Å². The summed E-state index contributed by atoms with van der Waals surface area (Å²) < 4.78 is 5.06. The van der Waals surface area contributed by atoms with E-state index in [1.807, 2.05) is 12.1 Å². The lowest BCUT2D eigenvalue weighted by Crippen LogP contribution is -2.40. The molecule has 1 aromatic rings. The highest BCUT2D eigenvalue weighted by molar-refractivity contribution is 5.82. The van der Waals surface area contributed by atoms with Crippen LogP contribution in [0.4, 0.5) is 0 Å². The van der Waals surface area contributed by atoms with Gasteiger partial charge in [-0.3, -0.25) is 9.59 Å². The van der Waals surface area contributed by atoms with E-state index in [9.17, 15) is 14.7 Å². The van der Waals surface area contributed by atoms with E-state index in [0.29, 0.717) is 25.3 Å². The maximum absolute atomic E-state index is 12.5. The summed E-state index contributed by atoms with van der Waals surface area (Å²) in [5.74, 6) is -0.310. The Balaban J connectivity index is 1.97. The second-order valence-electron chi connectivity index (χ2n) is 7.18. The number of carbonyl (C=O) groups is 2. The fourth-order valence-electron chi connectivity index (χ4n) is 3.27. The van der Waals surface area contributed by atoms with Crippen molar-refractivity contribution in [1.82, 2.24) is 4.90 Å². The SMILES string of the molecule is COCC1(C(=O)O)CCN(C(=O)Cc2ccc(CC(C)C)cc2)C1. The molecule has 1 aliphatic heterocycles. The molecule has 0 radical (unpaired) electrons. The van der Waals surface area contributed by atoms with Crippen LogP contribution in [0.2, 0.25) is 0 Å². The van der Waals surface area contributed by atoms with Crippen molar-refractivity contribution in [2.45, 2.75) is 33.1 Å². The molecule has 1 aromatic carbocycles. The minimum Gasteiger partial charge on any atom is -0.481 e. The van der Waals surface area contributed by atoms with E-state index in [1.165, 1.54) is 12.7 Å². The molecular weight excluding hydrogens is 306 g/mol. The zero-order valence-corrected chi connectivity index (χ0v) is 14.7. The molecule has 0 aromatic heterocycles. The Morgan fingerprint density at radius 3 is 2.42 bits per heavy atom. The van der Waals surface area contributed by atoms with Gasteiger partial charge < -0.3 is 14.7 Å². The lowest BCUT2D eigenvalue weighted by atomic mass is 9.88. The van der Waals surface area contributed by atoms with Crippen LogP contribution in [0, 0.1) is 11.3 Å². The first-order chi connectivity index (χ1) is 11.4. The number of methoxy groups -OCH3 is 1. The van der Waals surface area contributed by atoms with E-state index < -0.39 is 11.4 Å². The first kappa shape index (κ1) is 18.5. The lowest BCUT2D eigenvalue weighted by molar-refractivity contribution is -0.151. The van der Waals surface area contributed by atoms with Gasteiger partial charge in [-0.25, -0.2) is 0 Å². The molecule has 1 aliphatic rings. The van der Waals surface area contributed by atoms with Crippen LogP contribution in [0.3, 0.4) is 0 Å². The van der Waals surface area contributed by atoms with Crippen LogP contribution in [0.1, 0.15) is 31.4 Å². The number of carboxylic acids is 1. The first-order valence-electron chi connectivity index (χ1n) is 8.44. The zero-order valence-electron chi connectivity index (χ0n) is 14.7. The van der Waals surface area contributed by atoms with Crippen molar-refractivity contribution < 1.29 is 19.4 Å². The average Bonchev–Trinajstić information content (AvgIpc) is 2.95. The summed E-state index contributed by atoms with van der Waals surface area (Å²) in [6.45, 7) is 5.19. The van der Waals surface area contributed by atoms with Crippen molar-refractivity contribution in [3.05, 3.63) is 35.4 Å². The van der Waals surface area contributed by atoms with E-state index in [2.05, 4.69) is 26.0 Å². The van der Waals surface area contributed by atoms with Gasteiger partial charge in [0.1, 0.15) is 5.41 Å². The van der Waals surface area contributed by atoms with Gasteiger partial charge in [0.25, 0.3) is 0 Å². The Kier molecular flexibility index (Phi) is 5.99. The van der Waals surface area contributed by atoms with Gasteiger partial charge in [0.2, 0.25) is 5.91 Å². The maximum Gasteiger partial charge on any atom is 0.313 e. The second kappa shape index (κ2) is 7.79. The van der Waals surface area contributed by atoms with Gasteiger partial charge in [0, 0.05) is 20.2 Å². The molecule has 0 bridgehead atoms. The predicted octanol–water partition coefficient (Wildman–Crippen LogP) is 2.38. The third kappa shape index (κ3) is 4.35. The summed E-state index contributed by atoms with van der Waals surface area (Å²) in [7, 11) is 1.49. The van der Waals surface area contributed by atoms with Crippen LogP contribution in [0.25, 0.3) is 0 Å². The molecular formula is C19H27NO4. The molecule has 24 heavy (non-hydrogen) atoms. The molecule has 0 aliphatic carbocycles. The van der Waals surface area contributed by atoms with E-state index in [4.69, 9.17) is 4.74 Å². The van der Waals surface area contributed by atoms with Crippen molar-refractivity contribution in [3.8, 4) is 0 Å². The number of aliphatic carboxylic acids is 1. The second-order valence-corrected chi connectivity index (χ2v) is 7.18. The minimum atomic E-state index is -0.967. The molecule has 1 fully saturated rings. The fraction of sp³-hybridized carbons (Fsp3) is 0.579. The number of ether oxygens (including phenoxy) is 1. The number of carboxylic acid groups (broad SMARTS) is 1. The Morgan fingerprint density at radius 1 is 1.25 bits per heavy atom.